The van der Waals surface area contributed by atoms with E-state index in [4.69, 9.17) is 4.74 Å². The van der Waals surface area contributed by atoms with Crippen molar-refractivity contribution >= 4 is 5.69 Å². The van der Waals surface area contributed by atoms with Gasteiger partial charge in [0.1, 0.15) is 5.75 Å². The molecule has 2 rings (SSSR count). The molecule has 0 aromatic heterocycles. The second-order valence-electron chi connectivity index (χ2n) is 4.87. The average molecular weight is 234 g/mol. The summed E-state index contributed by atoms with van der Waals surface area (Å²) in [5, 5.41) is 3.40. The summed E-state index contributed by atoms with van der Waals surface area (Å²) in [6.07, 6.45) is 1.20. The number of hydrogen-bond donors (Lipinski definition) is 1. The van der Waals surface area contributed by atoms with E-state index >= 15 is 0 Å². The number of hydrogen-bond acceptors (Lipinski definition) is 3. The molecule has 0 radical (unpaired) electrons. The van der Waals surface area contributed by atoms with E-state index in [-0.39, 0.29) is 0 Å². The second-order valence-corrected chi connectivity index (χ2v) is 4.87. The molecule has 17 heavy (non-hydrogen) atoms. The van der Waals surface area contributed by atoms with E-state index < -0.39 is 0 Å². The summed E-state index contributed by atoms with van der Waals surface area (Å²) >= 11 is 0. The summed E-state index contributed by atoms with van der Waals surface area (Å²) in [6.45, 7) is 6.45. The van der Waals surface area contributed by atoms with Gasteiger partial charge in [0.05, 0.1) is 12.8 Å². The number of anilines is 1. The average Bonchev–Trinajstić information content (AvgIpc) is 2.84. The molecule has 1 aromatic rings. The highest BCUT2D eigenvalue weighted by Gasteiger charge is 2.22. The quantitative estimate of drug-likeness (QED) is 0.867. The molecule has 3 heteroatoms. The van der Waals surface area contributed by atoms with Crippen molar-refractivity contribution in [2.24, 2.45) is 0 Å². The molecule has 1 aliphatic rings. The van der Waals surface area contributed by atoms with Gasteiger partial charge in [-0.25, -0.2) is 0 Å². The van der Waals surface area contributed by atoms with Crippen molar-refractivity contribution in [1.82, 2.24) is 5.32 Å². The molecule has 3 nitrogen and oxygen atoms in total. The lowest BCUT2D eigenvalue weighted by Gasteiger charge is -2.28. The largest absolute Gasteiger partial charge is 0.495 e. The van der Waals surface area contributed by atoms with Crippen LogP contribution in [-0.4, -0.2) is 33.3 Å². The molecule has 1 atom stereocenters. The topological polar surface area (TPSA) is 24.5 Å². The zero-order valence-corrected chi connectivity index (χ0v) is 11.2. The fourth-order valence-electron chi connectivity index (χ4n) is 2.38. The Labute approximate surface area is 104 Å². The highest BCUT2D eigenvalue weighted by Crippen LogP contribution is 2.32. The maximum atomic E-state index is 5.50. The highest BCUT2D eigenvalue weighted by atomic mass is 16.5. The van der Waals surface area contributed by atoms with Gasteiger partial charge in [0.15, 0.2) is 0 Å². The van der Waals surface area contributed by atoms with Crippen LogP contribution in [0.25, 0.3) is 0 Å². The fourth-order valence-corrected chi connectivity index (χ4v) is 2.38. The molecule has 0 saturated carbocycles. The fraction of sp³-hybridized carbons (Fsp3) is 0.571. The Morgan fingerprint density at radius 2 is 2.00 bits per heavy atom. The zero-order chi connectivity index (χ0) is 12.4. The van der Waals surface area contributed by atoms with Gasteiger partial charge in [0.25, 0.3) is 0 Å². The molecule has 0 aliphatic carbocycles. The molecule has 1 saturated heterocycles. The summed E-state index contributed by atoms with van der Waals surface area (Å²) in [5.74, 6) is 0.975. The van der Waals surface area contributed by atoms with Crippen molar-refractivity contribution < 1.29 is 4.74 Å². The van der Waals surface area contributed by atoms with Gasteiger partial charge in [-0.1, -0.05) is 0 Å². The SMILES string of the molecule is COc1cc(C)c(C)cc1N(C)C1CCNC1. The molecule has 0 bridgehead atoms. The number of benzene rings is 1. The minimum absolute atomic E-state index is 0.575. The van der Waals surface area contributed by atoms with E-state index in [1.54, 1.807) is 7.11 Å². The minimum Gasteiger partial charge on any atom is -0.495 e. The van der Waals surface area contributed by atoms with Gasteiger partial charge in [0.2, 0.25) is 0 Å². The first-order chi connectivity index (χ1) is 8.13. The van der Waals surface area contributed by atoms with Gasteiger partial charge >= 0.3 is 0 Å². The molecule has 1 N–H and O–H groups in total. The van der Waals surface area contributed by atoms with Crippen molar-refractivity contribution in [1.29, 1.82) is 0 Å². The summed E-state index contributed by atoms with van der Waals surface area (Å²) < 4.78 is 5.50. The van der Waals surface area contributed by atoms with E-state index in [0.717, 1.165) is 18.8 Å². The maximum absolute atomic E-state index is 5.50. The third kappa shape index (κ3) is 2.39. The molecule has 1 aliphatic heterocycles. The minimum atomic E-state index is 0.575. The Bertz CT molecular complexity index is 397. The summed E-state index contributed by atoms with van der Waals surface area (Å²) in [5.41, 5.74) is 3.80. The van der Waals surface area contributed by atoms with E-state index in [2.05, 4.69) is 43.2 Å². The third-order valence-electron chi connectivity index (χ3n) is 3.76. The second kappa shape index (κ2) is 4.96. The van der Waals surface area contributed by atoms with Crippen LogP contribution in [-0.2, 0) is 0 Å². The van der Waals surface area contributed by atoms with Crippen LogP contribution in [0.5, 0.6) is 5.75 Å². The Kier molecular flexibility index (Phi) is 3.57. The maximum Gasteiger partial charge on any atom is 0.142 e. The molecule has 0 spiro atoms. The Balaban J connectivity index is 2.32. The standard InChI is InChI=1S/C14H22N2O/c1-10-7-13(14(17-4)8-11(10)2)16(3)12-5-6-15-9-12/h7-8,12,15H,5-6,9H2,1-4H3. The van der Waals surface area contributed by atoms with Crippen molar-refractivity contribution in [3.63, 3.8) is 0 Å². The molecule has 94 valence electrons. The molecule has 1 fully saturated rings. The van der Waals surface area contributed by atoms with Crippen LogP contribution in [0.4, 0.5) is 5.69 Å². The number of methoxy groups -OCH3 is 1. The Morgan fingerprint density at radius 3 is 2.59 bits per heavy atom. The predicted octanol–water partition coefficient (Wildman–Crippen LogP) is 2.11. The Morgan fingerprint density at radius 1 is 1.29 bits per heavy atom. The van der Waals surface area contributed by atoms with Crippen LogP contribution in [0.1, 0.15) is 17.5 Å². The zero-order valence-electron chi connectivity index (χ0n) is 11.2. The van der Waals surface area contributed by atoms with Gasteiger partial charge in [-0.3, -0.25) is 0 Å². The van der Waals surface area contributed by atoms with Crippen molar-refractivity contribution in [3.05, 3.63) is 23.3 Å². The summed E-state index contributed by atoms with van der Waals surface area (Å²) in [4.78, 5) is 2.34. The van der Waals surface area contributed by atoms with E-state index in [9.17, 15) is 0 Å². The first-order valence-electron chi connectivity index (χ1n) is 6.22. The number of likely N-dealkylation sites (N-methyl/N-ethyl adjacent to an activating group) is 1. The molecule has 1 unspecified atom stereocenters. The van der Waals surface area contributed by atoms with Crippen LogP contribution in [0.3, 0.4) is 0 Å². The van der Waals surface area contributed by atoms with Crippen LogP contribution < -0.4 is 15.0 Å². The van der Waals surface area contributed by atoms with E-state index in [1.807, 2.05) is 0 Å². The van der Waals surface area contributed by atoms with Crippen molar-refractivity contribution in [3.8, 4) is 5.75 Å². The van der Waals surface area contributed by atoms with Crippen molar-refractivity contribution in [2.45, 2.75) is 26.3 Å². The highest BCUT2D eigenvalue weighted by molar-refractivity contribution is 5.62. The van der Waals surface area contributed by atoms with Gasteiger partial charge in [-0.15, -0.1) is 0 Å². The normalized spacial score (nSPS) is 19.4. The number of ether oxygens (including phenoxy) is 1. The van der Waals surface area contributed by atoms with E-state index in [0.29, 0.717) is 6.04 Å². The summed E-state index contributed by atoms with van der Waals surface area (Å²) in [7, 11) is 3.90. The molecule has 1 aromatic carbocycles. The first kappa shape index (κ1) is 12.2. The van der Waals surface area contributed by atoms with Gasteiger partial charge < -0.3 is 15.0 Å². The van der Waals surface area contributed by atoms with Gasteiger partial charge in [-0.2, -0.15) is 0 Å². The number of nitrogens with one attached hydrogen (secondary N) is 1. The van der Waals surface area contributed by atoms with Gasteiger partial charge in [0, 0.05) is 19.6 Å². The third-order valence-corrected chi connectivity index (χ3v) is 3.76. The van der Waals surface area contributed by atoms with Crippen LogP contribution in [0, 0.1) is 13.8 Å². The Hall–Kier alpha value is -1.22. The lowest BCUT2D eigenvalue weighted by molar-refractivity contribution is 0.413. The lowest BCUT2D eigenvalue weighted by atomic mass is 10.1. The van der Waals surface area contributed by atoms with E-state index in [1.165, 1.54) is 23.2 Å². The van der Waals surface area contributed by atoms with Gasteiger partial charge in [-0.05, 0) is 50.1 Å². The first-order valence-corrected chi connectivity index (χ1v) is 6.22. The molecular formula is C14H22N2O. The number of rotatable bonds is 3. The van der Waals surface area contributed by atoms with Crippen LogP contribution in [0.15, 0.2) is 12.1 Å². The van der Waals surface area contributed by atoms with Crippen molar-refractivity contribution in [2.75, 3.05) is 32.1 Å². The smallest absolute Gasteiger partial charge is 0.142 e. The van der Waals surface area contributed by atoms with Crippen LogP contribution >= 0.6 is 0 Å². The molecular weight excluding hydrogens is 212 g/mol. The molecule has 0 amide bonds. The number of nitrogens with zero attached hydrogens (tertiary/aromatic N) is 1. The monoisotopic (exact) mass is 234 g/mol. The summed E-state index contributed by atoms with van der Waals surface area (Å²) in [6, 6.07) is 4.93. The number of aryl methyl sites for hydroxylation is 2. The molecule has 1 heterocycles. The lowest BCUT2D eigenvalue weighted by Crippen LogP contribution is -2.33. The van der Waals surface area contributed by atoms with Crippen LogP contribution in [0.2, 0.25) is 0 Å². The predicted molar refractivity (Wildman–Crippen MR) is 72.1 cm³/mol.